The fraction of sp³-hybridized carbons (Fsp3) is 0. The van der Waals surface area contributed by atoms with Crippen LogP contribution >= 0.6 is 0 Å². The molecule has 2 aromatic carbocycles. The van der Waals surface area contributed by atoms with Crippen LogP contribution in [0.15, 0.2) is 60.3 Å². The molecule has 26 heavy (non-hydrogen) atoms. The Kier molecular flexibility index (Phi) is 5.63. The van der Waals surface area contributed by atoms with E-state index >= 15 is 0 Å². The van der Waals surface area contributed by atoms with Gasteiger partial charge >= 0.3 is 0 Å². The summed E-state index contributed by atoms with van der Waals surface area (Å²) in [6.07, 6.45) is 1.21. The smallest absolute Gasteiger partial charge is 0.269 e. The van der Waals surface area contributed by atoms with E-state index in [-0.39, 0.29) is 11.3 Å². The Hall–Kier alpha value is -4.19. The summed E-state index contributed by atoms with van der Waals surface area (Å²) in [4.78, 5) is 33.1. The van der Waals surface area contributed by atoms with Gasteiger partial charge in [-0.2, -0.15) is 5.26 Å². The van der Waals surface area contributed by atoms with Crippen LogP contribution in [0.3, 0.4) is 0 Å². The van der Waals surface area contributed by atoms with Gasteiger partial charge in [0.25, 0.3) is 11.6 Å². The van der Waals surface area contributed by atoms with E-state index in [1.807, 2.05) is 0 Å². The molecule has 0 aliphatic rings. The lowest BCUT2D eigenvalue weighted by Gasteiger charge is -2.05. The van der Waals surface area contributed by atoms with Crippen LogP contribution < -0.4 is 16.4 Å². The summed E-state index contributed by atoms with van der Waals surface area (Å²) in [5, 5.41) is 24.9. The lowest BCUT2D eigenvalue weighted by molar-refractivity contribution is -0.384. The zero-order valence-corrected chi connectivity index (χ0v) is 13.3. The highest BCUT2D eigenvalue weighted by atomic mass is 16.6. The van der Waals surface area contributed by atoms with Crippen LogP contribution in [-0.4, -0.2) is 16.7 Å². The van der Waals surface area contributed by atoms with Gasteiger partial charge in [0.05, 0.1) is 4.92 Å². The molecule has 0 spiro atoms. The van der Waals surface area contributed by atoms with Crippen molar-refractivity contribution in [2.24, 2.45) is 5.73 Å². The first kappa shape index (κ1) is 18.2. The molecule has 0 heterocycles. The van der Waals surface area contributed by atoms with Crippen LogP contribution in [0.1, 0.15) is 10.4 Å². The van der Waals surface area contributed by atoms with Gasteiger partial charge in [0.15, 0.2) is 0 Å². The van der Waals surface area contributed by atoms with Crippen LogP contribution in [0.5, 0.6) is 0 Å². The van der Waals surface area contributed by atoms with Crippen molar-refractivity contribution in [1.29, 1.82) is 5.26 Å². The van der Waals surface area contributed by atoms with Crippen LogP contribution in [0.4, 0.5) is 17.1 Å². The molecule has 0 bridgehead atoms. The van der Waals surface area contributed by atoms with E-state index in [1.54, 1.807) is 18.2 Å². The Balaban J connectivity index is 2.05. The molecule has 9 heteroatoms. The number of non-ortho nitro benzene ring substituents is 1. The van der Waals surface area contributed by atoms with Crippen LogP contribution in [0.2, 0.25) is 0 Å². The molecule has 2 aromatic rings. The van der Waals surface area contributed by atoms with Crippen LogP contribution in [0.25, 0.3) is 0 Å². The third-order valence-corrected chi connectivity index (χ3v) is 3.25. The number of nitrogens with two attached hydrogens (primary N) is 1. The van der Waals surface area contributed by atoms with E-state index in [2.05, 4.69) is 10.6 Å². The van der Waals surface area contributed by atoms with Gasteiger partial charge in [-0.15, -0.1) is 0 Å². The number of amides is 2. The molecule has 0 saturated heterocycles. The van der Waals surface area contributed by atoms with Gasteiger partial charge in [-0.05, 0) is 36.4 Å². The lowest BCUT2D eigenvalue weighted by Crippen LogP contribution is -2.14. The van der Waals surface area contributed by atoms with E-state index in [1.165, 1.54) is 42.6 Å². The Morgan fingerprint density at radius 1 is 1.08 bits per heavy atom. The molecule has 0 radical (unpaired) electrons. The predicted octanol–water partition coefficient (Wildman–Crippen LogP) is 2.15. The number of rotatable bonds is 6. The number of nitriles is 1. The normalized spacial score (nSPS) is 10.5. The van der Waals surface area contributed by atoms with Gasteiger partial charge in [-0.25, -0.2) is 0 Å². The molecule has 0 aliphatic heterocycles. The van der Waals surface area contributed by atoms with Gasteiger partial charge in [0, 0.05) is 35.3 Å². The fourth-order valence-corrected chi connectivity index (χ4v) is 1.90. The molecule has 0 aliphatic carbocycles. The van der Waals surface area contributed by atoms with Crippen molar-refractivity contribution in [3.05, 3.63) is 76.0 Å². The van der Waals surface area contributed by atoms with Gasteiger partial charge in [-0.3, -0.25) is 19.7 Å². The number of carbonyl (C=O) groups is 2. The molecule has 0 atom stereocenters. The minimum Gasteiger partial charge on any atom is -0.366 e. The topological polar surface area (TPSA) is 151 Å². The summed E-state index contributed by atoms with van der Waals surface area (Å²) >= 11 is 0. The Morgan fingerprint density at radius 3 is 2.15 bits per heavy atom. The molecule has 9 nitrogen and oxygen atoms in total. The van der Waals surface area contributed by atoms with Gasteiger partial charge < -0.3 is 16.4 Å². The Labute approximate surface area is 147 Å². The number of benzene rings is 2. The highest BCUT2D eigenvalue weighted by molar-refractivity contribution is 6.06. The van der Waals surface area contributed by atoms with Crippen molar-refractivity contribution >= 4 is 28.9 Å². The molecule has 2 amide bonds. The van der Waals surface area contributed by atoms with Crippen molar-refractivity contribution in [2.75, 3.05) is 10.6 Å². The molecular formula is C17H13N5O4. The van der Waals surface area contributed by atoms with Crippen LogP contribution in [0, 0.1) is 21.4 Å². The minimum absolute atomic E-state index is 0.111. The molecule has 2 rings (SSSR count). The molecular weight excluding hydrogens is 338 g/mol. The van der Waals surface area contributed by atoms with Gasteiger partial charge in [0.1, 0.15) is 11.6 Å². The number of hydrogen-bond donors (Lipinski definition) is 3. The second kappa shape index (κ2) is 8.07. The van der Waals surface area contributed by atoms with E-state index < -0.39 is 16.7 Å². The predicted molar refractivity (Wildman–Crippen MR) is 94.0 cm³/mol. The van der Waals surface area contributed by atoms with E-state index in [0.29, 0.717) is 16.9 Å². The van der Waals surface area contributed by atoms with Gasteiger partial charge in [-0.1, -0.05) is 0 Å². The zero-order valence-electron chi connectivity index (χ0n) is 13.3. The average Bonchev–Trinajstić information content (AvgIpc) is 2.63. The molecule has 130 valence electrons. The number of hydrogen-bond acceptors (Lipinski definition) is 6. The zero-order chi connectivity index (χ0) is 19.1. The maximum Gasteiger partial charge on any atom is 0.269 e. The first-order chi connectivity index (χ1) is 12.4. The molecule has 4 N–H and O–H groups in total. The monoisotopic (exact) mass is 351 g/mol. The third-order valence-electron chi connectivity index (χ3n) is 3.25. The van der Waals surface area contributed by atoms with Crippen LogP contribution in [-0.2, 0) is 4.79 Å². The SMILES string of the molecule is N#C/C(=C/Nc1ccc(C(N)=O)cc1)C(=O)Nc1ccc([N+](=O)[O-])cc1. The number of nitro groups is 1. The molecule has 0 aromatic heterocycles. The minimum atomic E-state index is -0.678. The summed E-state index contributed by atoms with van der Waals surface area (Å²) < 4.78 is 0. The summed E-state index contributed by atoms with van der Waals surface area (Å²) in [6, 6.07) is 13.1. The molecule has 0 unspecified atom stereocenters. The summed E-state index contributed by atoms with van der Waals surface area (Å²) in [5.74, 6) is -1.24. The number of nitro benzene ring substituents is 1. The Bertz CT molecular complexity index is 912. The third kappa shape index (κ3) is 4.65. The second-order valence-electron chi connectivity index (χ2n) is 5.01. The van der Waals surface area contributed by atoms with Gasteiger partial charge in [0.2, 0.25) is 5.91 Å². The first-order valence-electron chi connectivity index (χ1n) is 7.23. The standard InChI is InChI=1S/C17H13N5O4/c18-9-12(10-20-13-3-1-11(2-4-13)16(19)23)17(24)21-14-5-7-15(8-6-14)22(25)26/h1-8,10,20H,(H2,19,23)(H,21,24)/b12-10-. The van der Waals surface area contributed by atoms with Crippen molar-refractivity contribution in [2.45, 2.75) is 0 Å². The maximum absolute atomic E-state index is 12.1. The van der Waals surface area contributed by atoms with Crippen molar-refractivity contribution in [1.82, 2.24) is 0 Å². The summed E-state index contributed by atoms with van der Waals surface area (Å²) in [6.45, 7) is 0. The summed E-state index contributed by atoms with van der Waals surface area (Å²) in [5.41, 5.74) is 6.01. The number of anilines is 2. The summed E-state index contributed by atoms with van der Waals surface area (Å²) in [7, 11) is 0. The molecule has 0 fully saturated rings. The average molecular weight is 351 g/mol. The number of carbonyl (C=O) groups excluding carboxylic acids is 2. The largest absolute Gasteiger partial charge is 0.366 e. The van der Waals surface area contributed by atoms with Crippen molar-refractivity contribution in [3.8, 4) is 6.07 Å². The highest BCUT2D eigenvalue weighted by Crippen LogP contribution is 2.16. The first-order valence-corrected chi connectivity index (χ1v) is 7.23. The lowest BCUT2D eigenvalue weighted by atomic mass is 10.2. The molecule has 0 saturated carbocycles. The fourth-order valence-electron chi connectivity index (χ4n) is 1.90. The Morgan fingerprint density at radius 2 is 1.65 bits per heavy atom. The number of nitrogens with zero attached hydrogens (tertiary/aromatic N) is 2. The van der Waals surface area contributed by atoms with E-state index in [9.17, 15) is 19.7 Å². The quantitative estimate of drug-likeness (QED) is 0.314. The van der Waals surface area contributed by atoms with Crippen molar-refractivity contribution in [3.63, 3.8) is 0 Å². The van der Waals surface area contributed by atoms with E-state index in [0.717, 1.165) is 0 Å². The van der Waals surface area contributed by atoms with Crippen molar-refractivity contribution < 1.29 is 14.5 Å². The van der Waals surface area contributed by atoms with E-state index in [4.69, 9.17) is 11.0 Å². The number of nitrogens with one attached hydrogen (secondary N) is 2. The highest BCUT2D eigenvalue weighted by Gasteiger charge is 2.11. The second-order valence-corrected chi connectivity index (χ2v) is 5.01. The maximum atomic E-state index is 12.1. The number of primary amides is 1.